The molecule has 0 spiro atoms. The Bertz CT molecular complexity index is 650. The molecule has 0 aliphatic heterocycles. The van der Waals surface area contributed by atoms with Crippen LogP contribution in [0.15, 0.2) is 24.3 Å². The number of nitrogens with zero attached hydrogens (tertiary/aromatic N) is 1. The van der Waals surface area contributed by atoms with Crippen LogP contribution in [0.2, 0.25) is 0 Å². The van der Waals surface area contributed by atoms with Gasteiger partial charge in [0, 0.05) is 5.69 Å². The molecule has 1 aromatic rings. The van der Waals surface area contributed by atoms with Gasteiger partial charge in [0.2, 0.25) is 18.2 Å². The number of unbranched alkanes of at least 4 members (excludes halogenated alkanes) is 1. The van der Waals surface area contributed by atoms with Gasteiger partial charge in [0.1, 0.15) is 11.8 Å². The third-order valence-corrected chi connectivity index (χ3v) is 4.96. The zero-order valence-electron chi connectivity index (χ0n) is 17.7. The molecule has 3 amide bonds. The molecule has 0 radical (unpaired) electrons. The lowest BCUT2D eigenvalue weighted by Gasteiger charge is -2.27. The van der Waals surface area contributed by atoms with Crippen molar-refractivity contribution in [3.63, 3.8) is 0 Å². The molecule has 3 N–H and O–H groups in total. The first-order chi connectivity index (χ1) is 13.9. The van der Waals surface area contributed by atoms with Crippen LogP contribution < -0.4 is 15.4 Å². The monoisotopic (exact) mass is 407 g/mol. The molecule has 1 unspecified atom stereocenters. The minimum atomic E-state index is -0.734. The maximum Gasteiger partial charge on any atom is 0.247 e. The van der Waals surface area contributed by atoms with E-state index in [1.165, 1.54) is 0 Å². The van der Waals surface area contributed by atoms with E-state index in [0.29, 0.717) is 29.3 Å². The van der Waals surface area contributed by atoms with Crippen LogP contribution in [0.1, 0.15) is 46.5 Å². The summed E-state index contributed by atoms with van der Waals surface area (Å²) in [5, 5.41) is 15.6. The average Bonchev–Trinajstić information content (AvgIpc) is 2.74. The highest BCUT2D eigenvalue weighted by molar-refractivity contribution is 5.97. The van der Waals surface area contributed by atoms with Crippen LogP contribution in [0.25, 0.3) is 0 Å². The average molecular weight is 408 g/mol. The van der Waals surface area contributed by atoms with Crippen molar-refractivity contribution in [1.82, 2.24) is 10.4 Å². The summed E-state index contributed by atoms with van der Waals surface area (Å²) >= 11 is 0. The highest BCUT2D eigenvalue weighted by Crippen LogP contribution is 2.18. The minimum absolute atomic E-state index is 0.0969. The van der Waals surface area contributed by atoms with Crippen LogP contribution >= 0.6 is 0 Å². The fourth-order valence-corrected chi connectivity index (χ4v) is 2.89. The first-order valence-corrected chi connectivity index (χ1v) is 10.0. The predicted octanol–water partition coefficient (Wildman–Crippen LogP) is 2.82. The summed E-state index contributed by atoms with van der Waals surface area (Å²) in [4.78, 5) is 36.4. The fourth-order valence-electron chi connectivity index (χ4n) is 2.89. The van der Waals surface area contributed by atoms with Crippen LogP contribution in [0.5, 0.6) is 5.75 Å². The first-order valence-electron chi connectivity index (χ1n) is 10.0. The molecule has 0 saturated heterocycles. The minimum Gasteiger partial charge on any atom is -0.497 e. The second-order valence-electron chi connectivity index (χ2n) is 7.16. The molecule has 29 heavy (non-hydrogen) atoms. The number of hydroxylamine groups is 2. The van der Waals surface area contributed by atoms with Crippen molar-refractivity contribution < 1.29 is 24.3 Å². The number of benzene rings is 1. The van der Waals surface area contributed by atoms with Crippen LogP contribution in [0, 0.1) is 11.8 Å². The predicted molar refractivity (Wildman–Crippen MR) is 111 cm³/mol. The number of anilines is 1. The number of hydrogen-bond donors (Lipinski definition) is 3. The van der Waals surface area contributed by atoms with Crippen molar-refractivity contribution in [2.45, 2.75) is 52.5 Å². The lowest BCUT2D eigenvalue weighted by atomic mass is 9.95. The molecule has 0 heterocycles. The van der Waals surface area contributed by atoms with Gasteiger partial charge >= 0.3 is 0 Å². The molecular formula is C21H33N3O5. The highest BCUT2D eigenvalue weighted by Gasteiger charge is 2.29. The molecule has 8 nitrogen and oxygen atoms in total. The van der Waals surface area contributed by atoms with Gasteiger partial charge in [-0.05, 0) is 36.6 Å². The van der Waals surface area contributed by atoms with E-state index in [2.05, 4.69) is 10.6 Å². The lowest BCUT2D eigenvalue weighted by Crippen LogP contribution is -2.50. The molecule has 1 aromatic carbocycles. The van der Waals surface area contributed by atoms with Crippen LogP contribution in [-0.4, -0.2) is 48.2 Å². The second-order valence-corrected chi connectivity index (χ2v) is 7.16. The van der Waals surface area contributed by atoms with Crippen molar-refractivity contribution in [3.05, 3.63) is 24.3 Å². The Morgan fingerprint density at radius 3 is 2.38 bits per heavy atom. The van der Waals surface area contributed by atoms with E-state index in [9.17, 15) is 19.6 Å². The summed E-state index contributed by atoms with van der Waals surface area (Å²) in [5.41, 5.74) is 0.600. The van der Waals surface area contributed by atoms with Crippen molar-refractivity contribution in [2.75, 3.05) is 19.0 Å². The van der Waals surface area contributed by atoms with Crippen molar-refractivity contribution in [2.24, 2.45) is 11.8 Å². The second kappa shape index (κ2) is 12.8. The number of methoxy groups -OCH3 is 1. The van der Waals surface area contributed by atoms with Gasteiger partial charge in [0.25, 0.3) is 0 Å². The quantitative estimate of drug-likeness (QED) is 0.265. The number of amides is 3. The summed E-state index contributed by atoms with van der Waals surface area (Å²) in [6.45, 7) is 5.72. The Morgan fingerprint density at radius 1 is 1.21 bits per heavy atom. The summed E-state index contributed by atoms with van der Waals surface area (Å²) < 4.78 is 5.11. The summed E-state index contributed by atoms with van der Waals surface area (Å²) in [5.74, 6) is -0.680. The standard InChI is InChI=1S/C21H33N3O5/c1-5-7-8-16(13-24(28)14-25)20(26)23-19(15(3)6-2)21(27)22-17-9-11-18(29-4)12-10-17/h9-12,14-16,19,28H,5-8,13H2,1-4H3,(H,22,27)(H,23,26)/t15?,16-,19+/m1/s1. The van der Waals surface area contributed by atoms with Gasteiger partial charge in [-0.15, -0.1) is 0 Å². The van der Waals surface area contributed by atoms with Gasteiger partial charge < -0.3 is 15.4 Å². The summed E-state index contributed by atoms with van der Waals surface area (Å²) in [6, 6.07) is 6.20. The number of hydrogen-bond acceptors (Lipinski definition) is 5. The van der Waals surface area contributed by atoms with E-state index in [1.807, 2.05) is 20.8 Å². The molecule has 8 heteroatoms. The van der Waals surface area contributed by atoms with Crippen molar-refractivity contribution in [1.29, 1.82) is 0 Å². The fraction of sp³-hybridized carbons (Fsp3) is 0.571. The van der Waals surface area contributed by atoms with Crippen LogP contribution in [0.4, 0.5) is 5.69 Å². The Morgan fingerprint density at radius 2 is 1.86 bits per heavy atom. The van der Waals surface area contributed by atoms with Crippen LogP contribution in [0.3, 0.4) is 0 Å². The van der Waals surface area contributed by atoms with Crippen molar-refractivity contribution >= 4 is 23.9 Å². The van der Waals surface area contributed by atoms with Gasteiger partial charge in [-0.25, -0.2) is 5.06 Å². The van der Waals surface area contributed by atoms with E-state index in [1.54, 1.807) is 31.4 Å². The van der Waals surface area contributed by atoms with E-state index in [-0.39, 0.29) is 30.7 Å². The van der Waals surface area contributed by atoms with Gasteiger partial charge in [0.15, 0.2) is 0 Å². The molecule has 162 valence electrons. The third kappa shape index (κ3) is 8.11. The van der Waals surface area contributed by atoms with Gasteiger partial charge in [-0.1, -0.05) is 40.0 Å². The Hall–Kier alpha value is -2.61. The van der Waals surface area contributed by atoms with E-state index in [0.717, 1.165) is 12.8 Å². The zero-order chi connectivity index (χ0) is 21.8. The SMILES string of the molecule is CCCC[C@H](CN(O)C=O)C(=O)N[C@H](C(=O)Nc1ccc(OC)cc1)C(C)CC. The third-order valence-electron chi connectivity index (χ3n) is 4.96. The van der Waals surface area contributed by atoms with Gasteiger partial charge in [-0.3, -0.25) is 19.6 Å². The Balaban J connectivity index is 2.89. The maximum atomic E-state index is 12.8. The molecule has 0 saturated carbocycles. The topological polar surface area (TPSA) is 108 Å². The largest absolute Gasteiger partial charge is 0.497 e. The molecule has 0 aromatic heterocycles. The molecule has 0 aliphatic rings. The molecule has 3 atom stereocenters. The number of carbonyl (C=O) groups is 3. The Kier molecular flexibility index (Phi) is 10.8. The zero-order valence-corrected chi connectivity index (χ0v) is 17.7. The maximum absolute atomic E-state index is 12.8. The van der Waals surface area contributed by atoms with E-state index < -0.39 is 12.0 Å². The van der Waals surface area contributed by atoms with E-state index in [4.69, 9.17) is 4.74 Å². The number of nitrogens with one attached hydrogen (secondary N) is 2. The number of rotatable bonds is 13. The number of ether oxygens (including phenoxy) is 1. The Labute approximate surface area is 172 Å². The van der Waals surface area contributed by atoms with Gasteiger partial charge in [-0.2, -0.15) is 0 Å². The lowest BCUT2D eigenvalue weighted by molar-refractivity contribution is -0.155. The molecule has 0 bridgehead atoms. The van der Waals surface area contributed by atoms with Crippen molar-refractivity contribution in [3.8, 4) is 5.75 Å². The summed E-state index contributed by atoms with van der Waals surface area (Å²) in [6.07, 6.45) is 3.14. The molecule has 0 fully saturated rings. The van der Waals surface area contributed by atoms with E-state index >= 15 is 0 Å². The molecule has 1 rings (SSSR count). The van der Waals surface area contributed by atoms with Gasteiger partial charge in [0.05, 0.1) is 19.6 Å². The smallest absolute Gasteiger partial charge is 0.247 e. The summed E-state index contributed by atoms with van der Waals surface area (Å²) in [7, 11) is 1.56. The number of carbonyl (C=O) groups excluding carboxylic acids is 3. The highest BCUT2D eigenvalue weighted by atomic mass is 16.5. The first kappa shape index (κ1) is 24.4. The van der Waals surface area contributed by atoms with Crippen LogP contribution in [-0.2, 0) is 14.4 Å². The normalized spacial score (nSPS) is 13.7. The molecular weight excluding hydrogens is 374 g/mol. The molecule has 0 aliphatic carbocycles.